The molecule has 1 aliphatic carbocycles. The third kappa shape index (κ3) is 5.05. The molecule has 1 rings (SSSR count). The Hall–Kier alpha value is 1.40. The van der Waals surface area contributed by atoms with Gasteiger partial charge in [-0.1, -0.05) is 0 Å². The molecule has 15 heavy (non-hydrogen) atoms. The molecule has 1 aliphatic rings. The SMILES string of the molecule is CC(N)C1CCCCC1C(C)S[CH2][Sn].Cl. The first-order valence-electron chi connectivity index (χ1n) is 5.68. The fourth-order valence-electron chi connectivity index (χ4n) is 2.68. The van der Waals surface area contributed by atoms with Crippen LogP contribution in [-0.4, -0.2) is 37.6 Å². The second-order valence-electron chi connectivity index (χ2n) is 4.49. The Morgan fingerprint density at radius 3 is 2.27 bits per heavy atom. The molecule has 0 aromatic rings. The minimum atomic E-state index is 0. The van der Waals surface area contributed by atoms with Gasteiger partial charge < -0.3 is 0 Å². The maximum Gasteiger partial charge on any atom is -0.147 e. The van der Waals surface area contributed by atoms with Crippen molar-refractivity contribution >= 4 is 46.7 Å². The number of rotatable bonds is 4. The van der Waals surface area contributed by atoms with Gasteiger partial charge in [-0.2, -0.15) is 0 Å². The van der Waals surface area contributed by atoms with E-state index < -0.39 is 0 Å². The summed E-state index contributed by atoms with van der Waals surface area (Å²) in [5.74, 6) is 1.67. The summed E-state index contributed by atoms with van der Waals surface area (Å²) >= 11 is 3.80. The third-order valence-corrected chi connectivity index (χ3v) is 5.97. The van der Waals surface area contributed by atoms with E-state index >= 15 is 0 Å². The summed E-state index contributed by atoms with van der Waals surface area (Å²) < 4.78 is 1.33. The minimum absolute atomic E-state index is 0. The average molecular weight is 356 g/mol. The van der Waals surface area contributed by atoms with Crippen LogP contribution in [0.3, 0.4) is 0 Å². The van der Waals surface area contributed by atoms with E-state index in [4.69, 9.17) is 5.73 Å². The molecule has 4 heteroatoms. The molecule has 4 unspecified atom stereocenters. The molecule has 89 valence electrons. The zero-order valence-corrected chi connectivity index (χ0v) is 14.2. The Morgan fingerprint density at radius 1 is 1.27 bits per heavy atom. The van der Waals surface area contributed by atoms with Gasteiger partial charge in [-0.25, -0.2) is 0 Å². The molecule has 0 aliphatic heterocycles. The summed E-state index contributed by atoms with van der Waals surface area (Å²) in [7, 11) is 0. The van der Waals surface area contributed by atoms with Crippen molar-refractivity contribution in [3.63, 3.8) is 0 Å². The number of hydrogen-bond donors (Lipinski definition) is 1. The summed E-state index contributed by atoms with van der Waals surface area (Å²) in [4.78, 5) is 0. The molecule has 0 aromatic heterocycles. The van der Waals surface area contributed by atoms with Gasteiger partial charge in [0.2, 0.25) is 0 Å². The molecular weight excluding hydrogens is 332 g/mol. The van der Waals surface area contributed by atoms with Crippen molar-refractivity contribution in [2.45, 2.75) is 50.8 Å². The van der Waals surface area contributed by atoms with Crippen LogP contribution in [-0.2, 0) is 0 Å². The van der Waals surface area contributed by atoms with Crippen LogP contribution in [0.2, 0.25) is 0 Å². The van der Waals surface area contributed by atoms with Crippen LogP contribution in [0.25, 0.3) is 0 Å². The fraction of sp³-hybridized carbons (Fsp3) is 1.00. The van der Waals surface area contributed by atoms with Gasteiger partial charge in [-0.3, -0.25) is 0 Å². The second kappa shape index (κ2) is 8.48. The fourth-order valence-corrected chi connectivity index (χ4v) is 5.78. The van der Waals surface area contributed by atoms with Gasteiger partial charge in [-0.05, 0) is 0 Å². The van der Waals surface area contributed by atoms with Gasteiger partial charge in [0.25, 0.3) is 0 Å². The first-order valence-corrected chi connectivity index (χ1v) is 8.75. The molecule has 0 saturated heterocycles. The molecule has 0 heterocycles. The summed E-state index contributed by atoms with van der Waals surface area (Å²) in [6, 6.07) is 0.396. The molecule has 1 nitrogen and oxygen atoms in total. The smallest absolute Gasteiger partial charge is 0.147 e. The van der Waals surface area contributed by atoms with Crippen molar-refractivity contribution in [2.75, 3.05) is 3.77 Å². The predicted molar refractivity (Wildman–Crippen MR) is 74.0 cm³/mol. The van der Waals surface area contributed by atoms with Crippen molar-refractivity contribution in [3.8, 4) is 0 Å². The molecule has 3 radical (unpaired) electrons. The summed E-state index contributed by atoms with van der Waals surface area (Å²) in [6.45, 7) is 4.60. The average Bonchev–Trinajstić information content (AvgIpc) is 2.18. The normalized spacial score (nSPS) is 30.4. The van der Waals surface area contributed by atoms with Crippen molar-refractivity contribution < 1.29 is 0 Å². The molecule has 0 aromatic carbocycles. The Kier molecular flexibility index (Phi) is 9.27. The summed E-state index contributed by atoms with van der Waals surface area (Å²) in [5, 5.41) is 0.825. The van der Waals surface area contributed by atoms with Crippen molar-refractivity contribution in [2.24, 2.45) is 17.6 Å². The molecule has 1 saturated carbocycles. The van der Waals surface area contributed by atoms with Gasteiger partial charge in [-0.15, -0.1) is 12.4 Å². The van der Waals surface area contributed by atoms with E-state index in [1.54, 1.807) is 22.5 Å². The van der Waals surface area contributed by atoms with E-state index in [0.29, 0.717) is 6.04 Å². The van der Waals surface area contributed by atoms with E-state index in [0.717, 1.165) is 17.1 Å². The van der Waals surface area contributed by atoms with Gasteiger partial charge in [0.05, 0.1) is 0 Å². The van der Waals surface area contributed by atoms with Gasteiger partial charge in [0, 0.05) is 0 Å². The Morgan fingerprint density at radius 2 is 1.80 bits per heavy atom. The molecule has 0 bridgehead atoms. The number of hydrogen-bond acceptors (Lipinski definition) is 2. The summed E-state index contributed by atoms with van der Waals surface area (Å²) in [6.07, 6.45) is 5.61. The molecule has 0 spiro atoms. The first kappa shape index (κ1) is 16.4. The predicted octanol–water partition coefficient (Wildman–Crippen LogP) is 2.81. The third-order valence-electron chi connectivity index (χ3n) is 3.50. The monoisotopic (exact) mass is 356 g/mol. The van der Waals surface area contributed by atoms with Crippen LogP contribution in [0.5, 0.6) is 0 Å². The van der Waals surface area contributed by atoms with Crippen LogP contribution in [0.1, 0.15) is 39.5 Å². The van der Waals surface area contributed by atoms with E-state index in [1.807, 2.05) is 0 Å². The van der Waals surface area contributed by atoms with Crippen molar-refractivity contribution in [1.82, 2.24) is 0 Å². The van der Waals surface area contributed by atoms with Crippen molar-refractivity contribution in [3.05, 3.63) is 0 Å². The van der Waals surface area contributed by atoms with E-state index in [1.165, 1.54) is 29.5 Å². The van der Waals surface area contributed by atoms with Crippen molar-refractivity contribution in [1.29, 1.82) is 0 Å². The standard InChI is InChI=1S/C11H22NS.ClH.Sn/c1-8(12)10-6-4-5-7-11(10)9(2)13-3;;/h8-11H,3-7,12H2,1-2H3;1H;. The van der Waals surface area contributed by atoms with Gasteiger partial charge in [0.15, 0.2) is 0 Å². The van der Waals surface area contributed by atoms with Crippen LogP contribution < -0.4 is 5.73 Å². The zero-order valence-electron chi connectivity index (χ0n) is 9.74. The van der Waals surface area contributed by atoms with Gasteiger partial charge in [0.1, 0.15) is 0 Å². The Balaban J connectivity index is 0.00000196. The second-order valence-corrected chi connectivity index (χ2v) is 8.32. The van der Waals surface area contributed by atoms with E-state index in [-0.39, 0.29) is 12.4 Å². The maximum atomic E-state index is 6.09. The van der Waals surface area contributed by atoms with Crippen LogP contribution in [0.15, 0.2) is 0 Å². The Bertz CT molecular complexity index is 169. The molecule has 1 fully saturated rings. The number of thioether (sulfide) groups is 1. The van der Waals surface area contributed by atoms with Crippen LogP contribution in [0.4, 0.5) is 0 Å². The number of halogens is 1. The largest absolute Gasteiger partial charge is 0.147 e. The topological polar surface area (TPSA) is 26.0 Å². The van der Waals surface area contributed by atoms with Gasteiger partial charge >= 0.3 is 106 Å². The van der Waals surface area contributed by atoms with Crippen LogP contribution in [0, 0.1) is 11.8 Å². The molecule has 4 atom stereocenters. The summed E-state index contributed by atoms with van der Waals surface area (Å²) in [5.41, 5.74) is 6.09. The molecular formula is C11H23ClNSSn. The quantitative estimate of drug-likeness (QED) is 0.785. The zero-order chi connectivity index (χ0) is 10.6. The molecule has 2 N–H and O–H groups in total. The maximum absolute atomic E-state index is 6.09. The van der Waals surface area contributed by atoms with Crippen LogP contribution >= 0.6 is 24.2 Å². The molecule has 0 amide bonds. The Labute approximate surface area is 118 Å². The minimum Gasteiger partial charge on any atom is -0.147 e. The first-order chi connectivity index (χ1) is 6.66. The number of nitrogens with two attached hydrogens (primary N) is 1. The van der Waals surface area contributed by atoms with E-state index in [2.05, 4.69) is 25.6 Å². The van der Waals surface area contributed by atoms with E-state index in [9.17, 15) is 0 Å².